The quantitative estimate of drug-likeness (QED) is 0.708. The van der Waals surface area contributed by atoms with Crippen molar-refractivity contribution in [2.45, 2.75) is 25.4 Å². The van der Waals surface area contributed by atoms with Gasteiger partial charge in [-0.1, -0.05) is 18.2 Å². The van der Waals surface area contributed by atoms with E-state index in [0.29, 0.717) is 24.5 Å². The minimum Gasteiger partial charge on any atom is -0.370 e. The predicted octanol–water partition coefficient (Wildman–Crippen LogP) is 2.87. The number of aromatic nitrogens is 2. The molecule has 3 rings (SSSR count). The largest absolute Gasteiger partial charge is 0.416 e. The summed E-state index contributed by atoms with van der Waals surface area (Å²) in [6.07, 6.45) is -0.450. The number of rotatable bonds is 7. The normalized spacial score (nSPS) is 14.2. The number of nitrogens with one attached hydrogen (secondary N) is 2. The molecule has 0 saturated carbocycles. The van der Waals surface area contributed by atoms with Crippen LogP contribution >= 0.6 is 0 Å². The smallest absolute Gasteiger partial charge is 0.370 e. The Kier molecular flexibility index (Phi) is 6.33. The lowest BCUT2D eigenvalue weighted by atomic mass is 10.1. The van der Waals surface area contributed by atoms with Gasteiger partial charge in [-0.05, 0) is 24.5 Å². The van der Waals surface area contributed by atoms with Crippen molar-refractivity contribution in [2.75, 3.05) is 36.4 Å². The topological polar surface area (TPSA) is 70.2 Å². The number of benzene rings is 1. The molecule has 1 aromatic heterocycles. The predicted molar refractivity (Wildman–Crippen MR) is 100 cm³/mol. The summed E-state index contributed by atoms with van der Waals surface area (Å²) in [6.45, 7) is 2.79. The summed E-state index contributed by atoms with van der Waals surface area (Å²) >= 11 is 0. The third kappa shape index (κ3) is 5.58. The Morgan fingerprint density at radius 1 is 1.14 bits per heavy atom. The van der Waals surface area contributed by atoms with E-state index in [0.717, 1.165) is 30.9 Å². The molecule has 2 heterocycles. The molecule has 1 amide bonds. The second-order valence-electron chi connectivity index (χ2n) is 6.64. The Hall–Kier alpha value is -2.84. The van der Waals surface area contributed by atoms with Gasteiger partial charge in [-0.15, -0.1) is 5.10 Å². The highest BCUT2D eigenvalue weighted by atomic mass is 19.4. The number of halogens is 3. The zero-order chi connectivity index (χ0) is 20.0. The molecular formula is C19H22F3N5O. The van der Waals surface area contributed by atoms with Gasteiger partial charge in [-0.2, -0.15) is 18.3 Å². The minimum absolute atomic E-state index is 0.103. The van der Waals surface area contributed by atoms with Crippen LogP contribution in [0.3, 0.4) is 0 Å². The molecule has 0 unspecified atom stereocenters. The molecule has 0 spiro atoms. The Morgan fingerprint density at radius 3 is 2.68 bits per heavy atom. The summed E-state index contributed by atoms with van der Waals surface area (Å²) in [5.74, 6) is 0.287. The van der Waals surface area contributed by atoms with Crippen LogP contribution in [-0.2, 0) is 17.4 Å². The van der Waals surface area contributed by atoms with Crippen LogP contribution in [0.4, 0.5) is 24.7 Å². The summed E-state index contributed by atoms with van der Waals surface area (Å²) in [5.41, 5.74) is 0.587. The molecular weight excluding hydrogens is 371 g/mol. The van der Waals surface area contributed by atoms with E-state index in [-0.39, 0.29) is 12.3 Å². The Labute approximate surface area is 161 Å². The summed E-state index contributed by atoms with van der Waals surface area (Å²) < 4.78 is 38.2. The molecule has 2 aromatic rings. The Bertz CT molecular complexity index is 806. The number of amides is 1. The zero-order valence-corrected chi connectivity index (χ0v) is 15.3. The van der Waals surface area contributed by atoms with Crippen molar-refractivity contribution in [3.8, 4) is 0 Å². The van der Waals surface area contributed by atoms with E-state index in [2.05, 4.69) is 25.7 Å². The molecule has 0 radical (unpaired) electrons. The molecule has 1 fully saturated rings. The average Bonchev–Trinajstić information content (AvgIpc) is 3.20. The van der Waals surface area contributed by atoms with Gasteiger partial charge in [0, 0.05) is 32.2 Å². The van der Waals surface area contributed by atoms with Gasteiger partial charge in [0.1, 0.15) is 0 Å². The molecule has 1 saturated heterocycles. The molecule has 28 heavy (non-hydrogen) atoms. The van der Waals surface area contributed by atoms with Gasteiger partial charge in [0.05, 0.1) is 23.9 Å². The van der Waals surface area contributed by atoms with Crippen molar-refractivity contribution in [1.82, 2.24) is 15.5 Å². The fraction of sp³-hybridized carbons (Fsp3) is 0.421. The van der Waals surface area contributed by atoms with E-state index >= 15 is 0 Å². The molecule has 0 bridgehead atoms. The standard InChI is InChI=1S/C19H22F3N5O/c20-19(21,22)15-5-3-4-14(10-15)11-18(28)24-7-6-23-17-12-16(13-25-26-17)27-8-1-2-9-27/h3-5,10,12-13H,1-2,6-9,11H2,(H,23,26)(H,24,28). The van der Waals surface area contributed by atoms with E-state index in [1.165, 1.54) is 25.0 Å². The average molecular weight is 393 g/mol. The number of carbonyl (C=O) groups is 1. The van der Waals surface area contributed by atoms with E-state index in [1.807, 2.05) is 6.07 Å². The molecule has 1 aromatic carbocycles. The fourth-order valence-corrected chi connectivity index (χ4v) is 3.09. The van der Waals surface area contributed by atoms with Gasteiger partial charge in [-0.3, -0.25) is 4.79 Å². The summed E-state index contributed by atoms with van der Waals surface area (Å²) in [5, 5.41) is 13.8. The molecule has 2 N–H and O–H groups in total. The molecule has 0 aliphatic carbocycles. The third-order valence-corrected chi connectivity index (χ3v) is 4.48. The van der Waals surface area contributed by atoms with Gasteiger partial charge in [0.25, 0.3) is 0 Å². The van der Waals surface area contributed by atoms with Gasteiger partial charge >= 0.3 is 6.18 Å². The summed E-state index contributed by atoms with van der Waals surface area (Å²) in [4.78, 5) is 14.2. The number of anilines is 2. The zero-order valence-electron chi connectivity index (χ0n) is 15.3. The second kappa shape index (κ2) is 8.90. The lowest BCUT2D eigenvalue weighted by Gasteiger charge is -2.17. The maximum absolute atomic E-state index is 12.7. The van der Waals surface area contributed by atoms with Crippen molar-refractivity contribution >= 4 is 17.4 Å². The van der Waals surface area contributed by atoms with Gasteiger partial charge < -0.3 is 15.5 Å². The first-order chi connectivity index (χ1) is 13.4. The van der Waals surface area contributed by atoms with Crippen molar-refractivity contribution in [1.29, 1.82) is 0 Å². The lowest BCUT2D eigenvalue weighted by molar-refractivity contribution is -0.137. The first-order valence-corrected chi connectivity index (χ1v) is 9.16. The maximum atomic E-state index is 12.7. The highest BCUT2D eigenvalue weighted by Crippen LogP contribution is 2.29. The van der Waals surface area contributed by atoms with Crippen LogP contribution in [0.2, 0.25) is 0 Å². The number of hydrogen-bond donors (Lipinski definition) is 2. The second-order valence-corrected chi connectivity index (χ2v) is 6.64. The summed E-state index contributed by atoms with van der Waals surface area (Å²) in [6, 6.07) is 6.72. The van der Waals surface area contributed by atoms with E-state index < -0.39 is 11.7 Å². The van der Waals surface area contributed by atoms with Crippen molar-refractivity contribution in [2.24, 2.45) is 0 Å². The van der Waals surface area contributed by atoms with E-state index in [4.69, 9.17) is 0 Å². The van der Waals surface area contributed by atoms with Crippen LogP contribution in [0.5, 0.6) is 0 Å². The molecule has 150 valence electrons. The first-order valence-electron chi connectivity index (χ1n) is 9.16. The highest BCUT2D eigenvalue weighted by molar-refractivity contribution is 5.78. The van der Waals surface area contributed by atoms with Crippen LogP contribution in [0.15, 0.2) is 36.5 Å². The summed E-state index contributed by atoms with van der Waals surface area (Å²) in [7, 11) is 0. The van der Waals surface area contributed by atoms with Crippen LogP contribution < -0.4 is 15.5 Å². The highest BCUT2D eigenvalue weighted by Gasteiger charge is 2.30. The number of alkyl halides is 3. The van der Waals surface area contributed by atoms with Crippen molar-refractivity contribution < 1.29 is 18.0 Å². The van der Waals surface area contributed by atoms with Crippen LogP contribution in [-0.4, -0.2) is 42.3 Å². The van der Waals surface area contributed by atoms with Crippen LogP contribution in [0, 0.1) is 0 Å². The molecule has 9 heteroatoms. The van der Waals surface area contributed by atoms with Gasteiger partial charge in [-0.25, -0.2) is 0 Å². The number of carbonyl (C=O) groups excluding carboxylic acids is 1. The first kappa shape index (κ1) is 19.9. The molecule has 1 aliphatic rings. The molecule has 6 nitrogen and oxygen atoms in total. The van der Waals surface area contributed by atoms with Crippen LogP contribution in [0.25, 0.3) is 0 Å². The Morgan fingerprint density at radius 2 is 1.93 bits per heavy atom. The van der Waals surface area contributed by atoms with Crippen molar-refractivity contribution in [3.05, 3.63) is 47.7 Å². The minimum atomic E-state index is -4.42. The van der Waals surface area contributed by atoms with Crippen LogP contribution in [0.1, 0.15) is 24.0 Å². The maximum Gasteiger partial charge on any atom is 0.416 e. The SMILES string of the molecule is O=C(Cc1cccc(C(F)(F)F)c1)NCCNc1cc(N2CCCC2)cnn1. The van der Waals surface area contributed by atoms with E-state index in [9.17, 15) is 18.0 Å². The van der Waals surface area contributed by atoms with Gasteiger partial charge in [0.2, 0.25) is 5.91 Å². The van der Waals surface area contributed by atoms with E-state index in [1.54, 1.807) is 6.20 Å². The number of nitrogens with zero attached hydrogens (tertiary/aromatic N) is 3. The van der Waals surface area contributed by atoms with Crippen molar-refractivity contribution in [3.63, 3.8) is 0 Å². The molecule has 1 aliphatic heterocycles. The monoisotopic (exact) mass is 393 g/mol. The lowest BCUT2D eigenvalue weighted by Crippen LogP contribution is -2.30. The number of hydrogen-bond acceptors (Lipinski definition) is 5. The Balaban J connectivity index is 1.43. The third-order valence-electron chi connectivity index (χ3n) is 4.48. The molecule has 0 atom stereocenters. The van der Waals surface area contributed by atoms with Gasteiger partial charge in [0.15, 0.2) is 5.82 Å². The fourth-order valence-electron chi connectivity index (χ4n) is 3.09.